The van der Waals surface area contributed by atoms with Crippen LogP contribution in [0.3, 0.4) is 0 Å². The van der Waals surface area contributed by atoms with Crippen LogP contribution in [0.15, 0.2) is 152 Å². The molecule has 0 radical (unpaired) electrons. The molecule has 9 rings (SSSR count). The number of hydrogen-bond donors (Lipinski definition) is 0. The summed E-state index contributed by atoms with van der Waals surface area (Å²) in [4.78, 5) is 0. The van der Waals surface area contributed by atoms with E-state index >= 15 is 0 Å². The summed E-state index contributed by atoms with van der Waals surface area (Å²) in [7, 11) is 0. The van der Waals surface area contributed by atoms with E-state index in [2.05, 4.69) is 121 Å². The van der Waals surface area contributed by atoms with Crippen LogP contribution in [-0.4, -0.2) is 5.51 Å². The van der Waals surface area contributed by atoms with E-state index in [0.717, 1.165) is 27.3 Å². The lowest BCUT2D eigenvalue weighted by molar-refractivity contribution is -0.0369. The topological polar surface area (TPSA) is 9.23 Å². The summed E-state index contributed by atoms with van der Waals surface area (Å²) in [6.45, 7) is 0. The third-order valence-electron chi connectivity index (χ3n) is 9.28. The van der Waals surface area contributed by atoms with E-state index < -0.39 is 17.6 Å². The van der Waals surface area contributed by atoms with E-state index in [1.54, 1.807) is 12.1 Å². The Kier molecular flexibility index (Phi) is 6.59. The van der Waals surface area contributed by atoms with Gasteiger partial charge in [-0.3, -0.25) is 0 Å². The second-order valence-electron chi connectivity index (χ2n) is 12.0. The molecule has 0 heterocycles. The van der Waals surface area contributed by atoms with Crippen molar-refractivity contribution in [1.29, 1.82) is 0 Å². The zero-order chi connectivity index (χ0) is 32.4. The minimum Gasteiger partial charge on any atom is -0.417 e. The van der Waals surface area contributed by atoms with E-state index in [0.29, 0.717) is 0 Å². The first-order valence-corrected chi connectivity index (χ1v) is 16.4. The number of benzene rings is 8. The van der Waals surface area contributed by atoms with E-state index in [1.165, 1.54) is 60.7 Å². The maximum Gasteiger partial charge on any atom is 0.479 e. The molecule has 0 unspecified atom stereocenters. The van der Waals surface area contributed by atoms with Crippen molar-refractivity contribution in [1.82, 2.24) is 0 Å². The lowest BCUT2D eigenvalue weighted by Crippen LogP contribution is -2.02. The molecule has 0 spiro atoms. The van der Waals surface area contributed by atoms with Crippen molar-refractivity contribution in [2.75, 3.05) is 0 Å². The van der Waals surface area contributed by atoms with Crippen molar-refractivity contribution in [3.63, 3.8) is 0 Å². The van der Waals surface area contributed by atoms with Crippen LogP contribution in [0.4, 0.5) is 13.2 Å². The molecule has 1 nitrogen and oxygen atoms in total. The number of fused-ring (bicyclic) bond motifs is 5. The second kappa shape index (κ2) is 11.0. The van der Waals surface area contributed by atoms with Gasteiger partial charge in [-0.15, -0.1) is 0 Å². The Balaban J connectivity index is 1.29. The number of hydrogen-bond acceptors (Lipinski definition) is 2. The molecule has 1 aliphatic rings. The van der Waals surface area contributed by atoms with E-state index in [9.17, 15) is 13.2 Å². The lowest BCUT2D eigenvalue weighted by atomic mass is 9.82. The smallest absolute Gasteiger partial charge is 0.417 e. The molecule has 8 aromatic rings. The molecule has 0 saturated heterocycles. The molecule has 0 saturated carbocycles. The van der Waals surface area contributed by atoms with E-state index in [4.69, 9.17) is 4.18 Å². The summed E-state index contributed by atoms with van der Waals surface area (Å²) in [5.74, 6) is 0.163. The van der Waals surface area contributed by atoms with Crippen LogP contribution in [-0.2, 0) is 0 Å². The van der Waals surface area contributed by atoms with Crippen LogP contribution in [0.5, 0.6) is 5.75 Å². The molecule has 0 N–H and O–H groups in total. The maximum absolute atomic E-state index is 12.7. The van der Waals surface area contributed by atoms with Gasteiger partial charge in [-0.05, 0) is 106 Å². The Labute approximate surface area is 279 Å². The predicted molar refractivity (Wildman–Crippen MR) is 194 cm³/mol. The van der Waals surface area contributed by atoms with Crippen molar-refractivity contribution in [2.24, 2.45) is 0 Å². The Morgan fingerprint density at radius 2 is 0.958 bits per heavy atom. The summed E-state index contributed by atoms with van der Waals surface area (Å²) in [6, 6.07) is 52.3. The van der Waals surface area contributed by atoms with Gasteiger partial charge in [0.25, 0.3) is 0 Å². The molecule has 0 fully saturated rings. The quantitative estimate of drug-likeness (QED) is 0.172. The first-order valence-electron chi connectivity index (χ1n) is 15.7. The van der Waals surface area contributed by atoms with Gasteiger partial charge in [0.15, 0.2) is 12.0 Å². The molecule has 1 aliphatic carbocycles. The van der Waals surface area contributed by atoms with Crippen molar-refractivity contribution in [3.8, 4) is 61.4 Å². The first-order chi connectivity index (χ1) is 23.4. The average Bonchev–Trinajstić information content (AvgIpc) is 3.45. The molecule has 230 valence electrons. The minimum atomic E-state index is -4.47. The monoisotopic (exact) mass is 646 g/mol. The molecular weight excluding hydrogens is 622 g/mol. The van der Waals surface area contributed by atoms with Gasteiger partial charge >= 0.3 is 5.51 Å². The predicted octanol–water partition coefficient (Wildman–Crippen LogP) is 13.3. The van der Waals surface area contributed by atoms with Crippen molar-refractivity contribution >= 4 is 44.4 Å². The zero-order valence-electron chi connectivity index (χ0n) is 25.4. The van der Waals surface area contributed by atoms with Crippen molar-refractivity contribution in [3.05, 3.63) is 152 Å². The molecule has 48 heavy (non-hydrogen) atoms. The Morgan fingerprint density at radius 1 is 0.417 bits per heavy atom. The van der Waals surface area contributed by atoms with Gasteiger partial charge in [0, 0.05) is 0 Å². The van der Waals surface area contributed by atoms with Gasteiger partial charge in [-0.25, -0.2) is 0 Å². The fourth-order valence-electron chi connectivity index (χ4n) is 7.40. The third-order valence-corrected chi connectivity index (χ3v) is 9.74. The molecule has 0 amide bonds. The number of rotatable bonds is 5. The summed E-state index contributed by atoms with van der Waals surface area (Å²) < 4.78 is 43.0. The van der Waals surface area contributed by atoms with Gasteiger partial charge in [-0.1, -0.05) is 133 Å². The molecular formula is C43H25F3OS. The van der Waals surface area contributed by atoms with E-state index in [1.807, 2.05) is 18.2 Å². The molecule has 0 aromatic heterocycles. The van der Waals surface area contributed by atoms with Gasteiger partial charge in [0.05, 0.1) is 0 Å². The molecule has 5 heteroatoms. The fraction of sp³-hybridized carbons (Fsp3) is 0.0233. The SMILES string of the molecule is FC(F)(F)SOc1ccc2cc(-c3ccc4c5c(cccc35)-c3c-4c(-c4ccccc4)c4ccccc4c3-c3ccccc3)ccc2c1. The summed E-state index contributed by atoms with van der Waals surface area (Å²) in [5, 5.41) is 6.55. The largest absolute Gasteiger partial charge is 0.479 e. The van der Waals surface area contributed by atoms with Gasteiger partial charge in [0.2, 0.25) is 0 Å². The lowest BCUT2D eigenvalue weighted by Gasteiger charge is -2.20. The third kappa shape index (κ3) is 4.65. The van der Waals surface area contributed by atoms with Crippen LogP contribution in [0.1, 0.15) is 0 Å². The molecule has 8 aromatic carbocycles. The summed E-state index contributed by atoms with van der Waals surface area (Å²) in [6.07, 6.45) is 0. The molecule has 0 bridgehead atoms. The standard InChI is InChI=1S/C43H25F3OS/c44-43(45,46)48-47-31-21-20-28-24-30(19-18-29(28)25-31)32-22-23-37-40-33(32)16-9-17-36(40)41-38(26-10-3-1-4-11-26)34-14-7-8-15-35(34)39(42(37)41)27-12-5-2-6-13-27/h1-25H. The Morgan fingerprint density at radius 3 is 1.60 bits per heavy atom. The Bertz CT molecular complexity index is 2450. The normalized spacial score (nSPS) is 12.1. The molecule has 0 atom stereocenters. The van der Waals surface area contributed by atoms with Gasteiger partial charge in [-0.2, -0.15) is 13.2 Å². The summed E-state index contributed by atoms with van der Waals surface area (Å²) >= 11 is -0.500. The highest BCUT2D eigenvalue weighted by Gasteiger charge is 2.32. The van der Waals surface area contributed by atoms with Crippen LogP contribution < -0.4 is 4.18 Å². The second-order valence-corrected chi connectivity index (χ2v) is 12.8. The average molecular weight is 647 g/mol. The van der Waals surface area contributed by atoms with Crippen LogP contribution in [0.25, 0.3) is 88.0 Å². The van der Waals surface area contributed by atoms with Crippen molar-refractivity contribution < 1.29 is 17.4 Å². The first kappa shape index (κ1) is 28.7. The highest BCUT2D eigenvalue weighted by Crippen LogP contribution is 2.58. The van der Waals surface area contributed by atoms with Crippen LogP contribution in [0, 0.1) is 0 Å². The van der Waals surface area contributed by atoms with Gasteiger partial charge in [0.1, 0.15) is 5.75 Å². The highest BCUT2D eigenvalue weighted by molar-refractivity contribution is 7.95. The van der Waals surface area contributed by atoms with Crippen LogP contribution in [0.2, 0.25) is 0 Å². The minimum absolute atomic E-state index is 0.163. The fourth-order valence-corrected chi connectivity index (χ4v) is 7.69. The zero-order valence-corrected chi connectivity index (χ0v) is 26.2. The molecule has 0 aliphatic heterocycles. The summed E-state index contributed by atoms with van der Waals surface area (Å²) in [5.41, 5.74) is 7.43. The van der Waals surface area contributed by atoms with E-state index in [-0.39, 0.29) is 5.75 Å². The number of alkyl halides is 3. The highest BCUT2D eigenvalue weighted by atomic mass is 32.2. The van der Waals surface area contributed by atoms with Crippen LogP contribution >= 0.6 is 12.0 Å². The van der Waals surface area contributed by atoms with Gasteiger partial charge < -0.3 is 4.18 Å². The van der Waals surface area contributed by atoms with Crippen molar-refractivity contribution in [2.45, 2.75) is 5.51 Å². The maximum atomic E-state index is 12.7. The number of halogens is 3. The Hall–Kier alpha value is -5.52.